The lowest BCUT2D eigenvalue weighted by Crippen LogP contribution is -2.55. The lowest BCUT2D eigenvalue weighted by molar-refractivity contribution is -0.137. The molecule has 1 aliphatic rings. The van der Waals surface area contributed by atoms with Crippen LogP contribution in [0.15, 0.2) is 71.6 Å². The van der Waals surface area contributed by atoms with Gasteiger partial charge in [0.1, 0.15) is 5.82 Å². The van der Waals surface area contributed by atoms with Crippen LogP contribution in [0.2, 0.25) is 0 Å². The molecule has 1 aromatic carbocycles. The molecule has 0 unspecified atom stereocenters. The summed E-state index contributed by atoms with van der Waals surface area (Å²) < 4.78 is 39.7. The highest BCUT2D eigenvalue weighted by Crippen LogP contribution is 2.39. The zero-order valence-corrected chi connectivity index (χ0v) is 24.5. The Morgan fingerprint density at radius 2 is 1.56 bits per heavy atom. The van der Waals surface area contributed by atoms with Crippen LogP contribution in [-0.2, 0) is 16.5 Å². The highest BCUT2D eigenvalue weighted by molar-refractivity contribution is 5.94. The van der Waals surface area contributed by atoms with Crippen LogP contribution in [0.1, 0.15) is 78.9 Å². The third kappa shape index (κ3) is 7.56. The first kappa shape index (κ1) is 32.2. The predicted octanol–water partition coefficient (Wildman–Crippen LogP) is 6.96. The first-order valence-electron chi connectivity index (χ1n) is 13.5. The number of benzene rings is 1. The Kier molecular flexibility index (Phi) is 10.7. The number of nitrogens with zero attached hydrogens (tertiary/aromatic N) is 1. The van der Waals surface area contributed by atoms with E-state index in [0.29, 0.717) is 17.0 Å². The Hall–Kier alpha value is -3.00. The lowest BCUT2D eigenvalue weighted by Gasteiger charge is -2.43. The van der Waals surface area contributed by atoms with E-state index >= 15 is 0 Å². The number of amides is 1. The highest BCUT2D eigenvalue weighted by atomic mass is 19.4. The van der Waals surface area contributed by atoms with Crippen molar-refractivity contribution in [2.45, 2.75) is 85.0 Å². The molecule has 2 rings (SSSR count). The van der Waals surface area contributed by atoms with Crippen molar-refractivity contribution < 1.29 is 18.0 Å². The zero-order chi connectivity index (χ0) is 29.6. The van der Waals surface area contributed by atoms with Gasteiger partial charge in [0, 0.05) is 7.05 Å². The number of alkyl halides is 3. The summed E-state index contributed by atoms with van der Waals surface area (Å²) in [6, 6.07) is 5.07. The van der Waals surface area contributed by atoms with E-state index in [9.17, 15) is 18.0 Å². The Morgan fingerprint density at radius 3 is 2.08 bits per heavy atom. The molecule has 8 heteroatoms. The van der Waals surface area contributed by atoms with E-state index in [2.05, 4.69) is 22.8 Å². The van der Waals surface area contributed by atoms with Gasteiger partial charge in [-0.25, -0.2) is 5.84 Å². The van der Waals surface area contributed by atoms with Crippen LogP contribution in [0.4, 0.5) is 13.2 Å². The third-order valence-electron chi connectivity index (χ3n) is 7.79. The van der Waals surface area contributed by atoms with Gasteiger partial charge in [0.25, 0.3) is 5.91 Å². The fraction of sp³-hybridized carbons (Fsp3) is 0.516. The Balaban J connectivity index is 2.38. The molecule has 0 aliphatic heterocycles. The van der Waals surface area contributed by atoms with Gasteiger partial charge in [-0.3, -0.25) is 9.80 Å². The van der Waals surface area contributed by atoms with Gasteiger partial charge in [-0.15, -0.1) is 0 Å². The number of hydrogen-bond acceptors (Lipinski definition) is 4. The molecule has 0 aromatic heterocycles. The fourth-order valence-electron chi connectivity index (χ4n) is 5.20. The number of halogens is 3. The third-order valence-corrected chi connectivity index (χ3v) is 7.79. The van der Waals surface area contributed by atoms with Gasteiger partial charge in [0.15, 0.2) is 0 Å². The molecular weight excluding hydrogens is 501 g/mol. The summed E-state index contributed by atoms with van der Waals surface area (Å²) in [6.45, 7) is 13.6. The molecule has 0 atom stereocenters. The monoisotopic (exact) mass is 546 g/mol. The summed E-state index contributed by atoms with van der Waals surface area (Å²) in [6.07, 6.45) is 8.42. The van der Waals surface area contributed by atoms with Gasteiger partial charge in [0.2, 0.25) is 0 Å². The van der Waals surface area contributed by atoms with Crippen LogP contribution >= 0.6 is 0 Å². The Labute approximate surface area is 232 Å². The average molecular weight is 547 g/mol. The maximum Gasteiger partial charge on any atom is 0.416 e. The van der Waals surface area contributed by atoms with Crippen LogP contribution < -0.4 is 16.5 Å². The van der Waals surface area contributed by atoms with E-state index in [1.54, 1.807) is 19.0 Å². The molecule has 39 heavy (non-hydrogen) atoms. The van der Waals surface area contributed by atoms with E-state index < -0.39 is 22.8 Å². The number of rotatable bonds is 11. The van der Waals surface area contributed by atoms with Crippen LogP contribution in [0.3, 0.4) is 0 Å². The minimum Gasteiger partial charge on any atom is -0.373 e. The summed E-state index contributed by atoms with van der Waals surface area (Å²) in [4.78, 5) is 13.7. The number of nitrogens with two attached hydrogens (primary N) is 1. The SMILES string of the molecule is CN/C(=C(/C)C(=O)NC(c1ccc(C(F)(F)F)cc1)(C(C)C)C(C)C)N(N)C(C)(C)CCC1=CC=CC=CC1. The van der Waals surface area contributed by atoms with Crippen LogP contribution in [0.5, 0.6) is 0 Å². The summed E-state index contributed by atoms with van der Waals surface area (Å²) in [7, 11) is 1.72. The van der Waals surface area contributed by atoms with E-state index in [-0.39, 0.29) is 17.7 Å². The molecule has 0 heterocycles. The highest BCUT2D eigenvalue weighted by Gasteiger charge is 2.42. The van der Waals surface area contributed by atoms with Crippen molar-refractivity contribution in [1.29, 1.82) is 0 Å². The number of allylic oxidation sites excluding steroid dienone is 6. The quantitative estimate of drug-likeness (QED) is 0.159. The molecule has 0 radical (unpaired) electrons. The summed E-state index contributed by atoms with van der Waals surface area (Å²) in [5.41, 5.74) is 0.230. The van der Waals surface area contributed by atoms with Crippen molar-refractivity contribution in [3.8, 4) is 0 Å². The van der Waals surface area contributed by atoms with Gasteiger partial charge >= 0.3 is 6.18 Å². The number of carbonyl (C=O) groups is 1. The molecule has 1 aromatic rings. The smallest absolute Gasteiger partial charge is 0.373 e. The van der Waals surface area contributed by atoms with Gasteiger partial charge in [-0.1, -0.05) is 75.8 Å². The van der Waals surface area contributed by atoms with Gasteiger partial charge in [-0.2, -0.15) is 13.2 Å². The zero-order valence-electron chi connectivity index (χ0n) is 24.5. The topological polar surface area (TPSA) is 70.4 Å². The van der Waals surface area contributed by atoms with Crippen molar-refractivity contribution in [1.82, 2.24) is 15.6 Å². The van der Waals surface area contributed by atoms with Crippen molar-refractivity contribution >= 4 is 5.91 Å². The summed E-state index contributed by atoms with van der Waals surface area (Å²) in [5.74, 6) is 6.56. The van der Waals surface area contributed by atoms with Gasteiger partial charge in [0.05, 0.1) is 22.2 Å². The Bertz CT molecular complexity index is 1100. The second-order valence-electron chi connectivity index (χ2n) is 11.5. The second kappa shape index (κ2) is 12.9. The minimum absolute atomic E-state index is 0.106. The number of nitrogens with one attached hydrogen (secondary N) is 2. The minimum atomic E-state index is -4.43. The molecule has 4 N–H and O–H groups in total. The van der Waals surface area contributed by atoms with Crippen molar-refractivity contribution in [2.24, 2.45) is 17.7 Å². The number of carbonyl (C=O) groups excluding carboxylic acids is 1. The molecule has 0 spiro atoms. The molecule has 1 amide bonds. The first-order chi connectivity index (χ1) is 18.1. The van der Waals surface area contributed by atoms with Crippen molar-refractivity contribution in [2.75, 3.05) is 7.05 Å². The molecular formula is C31H45F3N4O. The van der Waals surface area contributed by atoms with Crippen molar-refractivity contribution in [3.05, 3.63) is 82.7 Å². The van der Waals surface area contributed by atoms with Gasteiger partial charge in [-0.05, 0) is 69.6 Å². The predicted molar refractivity (Wildman–Crippen MR) is 153 cm³/mol. The standard InChI is InChI=1S/C31H45F3N4O/c1-21(2)30(22(3)4,25-15-17-26(18-16-25)31(32,33)34)37-28(39)23(5)27(36-8)38(35)29(6,7)20-19-24-13-11-9-10-12-14-24/h9-13,15-18,21-22,36H,14,19-20,35H2,1-8H3,(H,37,39)/b27-23+. The lowest BCUT2D eigenvalue weighted by atomic mass is 9.71. The summed E-state index contributed by atoms with van der Waals surface area (Å²) >= 11 is 0. The maximum absolute atomic E-state index is 13.7. The normalized spacial score (nSPS) is 15.2. The van der Waals surface area contributed by atoms with E-state index in [4.69, 9.17) is 5.84 Å². The molecule has 5 nitrogen and oxygen atoms in total. The van der Waals surface area contributed by atoms with Gasteiger partial charge < -0.3 is 10.6 Å². The van der Waals surface area contributed by atoms with Crippen LogP contribution in [-0.4, -0.2) is 23.5 Å². The second-order valence-corrected chi connectivity index (χ2v) is 11.5. The molecule has 1 aliphatic carbocycles. The summed E-state index contributed by atoms with van der Waals surface area (Å²) in [5, 5.41) is 7.90. The average Bonchev–Trinajstić information content (AvgIpc) is 3.14. The first-order valence-corrected chi connectivity index (χ1v) is 13.5. The van der Waals surface area contributed by atoms with Crippen molar-refractivity contribution in [3.63, 3.8) is 0 Å². The van der Waals surface area contributed by atoms with E-state index in [0.717, 1.165) is 31.4 Å². The van der Waals surface area contributed by atoms with E-state index in [1.807, 2.05) is 59.8 Å². The fourth-order valence-corrected chi connectivity index (χ4v) is 5.20. The molecule has 0 saturated heterocycles. The molecule has 0 saturated carbocycles. The Morgan fingerprint density at radius 1 is 1.00 bits per heavy atom. The maximum atomic E-state index is 13.7. The van der Waals surface area contributed by atoms with Crippen LogP contribution in [0.25, 0.3) is 0 Å². The molecule has 0 fully saturated rings. The number of hydrazine groups is 1. The van der Waals surface area contributed by atoms with Crippen LogP contribution in [0, 0.1) is 11.8 Å². The molecule has 216 valence electrons. The van der Waals surface area contributed by atoms with E-state index in [1.165, 1.54) is 17.7 Å². The molecule has 0 bridgehead atoms. The number of hydrogen-bond donors (Lipinski definition) is 3. The largest absolute Gasteiger partial charge is 0.416 e.